The van der Waals surface area contributed by atoms with Crippen molar-refractivity contribution in [2.75, 3.05) is 19.5 Å². The molecule has 138 valence electrons. The molecule has 0 bridgehead atoms. The number of carboxylic acid groups (broad SMARTS) is 1. The number of aryl methyl sites for hydroxylation is 1. The Kier molecular flexibility index (Phi) is 6.41. The van der Waals surface area contributed by atoms with Crippen LogP contribution in [0.25, 0.3) is 0 Å². The van der Waals surface area contributed by atoms with Crippen molar-refractivity contribution in [1.29, 1.82) is 0 Å². The Morgan fingerprint density at radius 3 is 2.73 bits per heavy atom. The number of carbonyl (C=O) groups is 1. The van der Waals surface area contributed by atoms with Crippen LogP contribution in [-0.2, 0) is 11.2 Å². The molecule has 0 radical (unpaired) electrons. The third-order valence-corrected chi connectivity index (χ3v) is 5.55. The molecule has 2 aromatic carbocycles. The normalized spacial score (nSPS) is 19.3. The van der Waals surface area contributed by atoms with Gasteiger partial charge in [-0.3, -0.25) is 10.1 Å². The predicted octanol–water partition coefficient (Wildman–Crippen LogP) is 3.50. The Labute approximate surface area is 157 Å². The van der Waals surface area contributed by atoms with Crippen molar-refractivity contribution in [2.45, 2.75) is 24.3 Å². The van der Waals surface area contributed by atoms with E-state index < -0.39 is 12.0 Å². The maximum atomic E-state index is 11.1. The maximum absolute atomic E-state index is 11.1. The monoisotopic (exact) mass is 373 g/mol. The van der Waals surface area contributed by atoms with Crippen molar-refractivity contribution in [1.82, 2.24) is 5.32 Å². The molecule has 1 heterocycles. The van der Waals surface area contributed by atoms with Crippen LogP contribution in [0.1, 0.15) is 22.9 Å². The molecule has 2 unspecified atom stereocenters. The van der Waals surface area contributed by atoms with Crippen molar-refractivity contribution >= 4 is 17.7 Å². The predicted molar refractivity (Wildman–Crippen MR) is 103 cm³/mol. The SMILES string of the molecule is COc1cc(C2NC(C(=O)O)CS2)ccc1OCCCc1ccccc1. The van der Waals surface area contributed by atoms with E-state index in [-0.39, 0.29) is 5.37 Å². The molecule has 1 aliphatic heterocycles. The van der Waals surface area contributed by atoms with Crippen LogP contribution in [0.3, 0.4) is 0 Å². The first-order valence-corrected chi connectivity index (χ1v) is 9.67. The van der Waals surface area contributed by atoms with Crippen molar-refractivity contribution < 1.29 is 19.4 Å². The number of nitrogens with one attached hydrogen (secondary N) is 1. The fourth-order valence-corrected chi connectivity index (χ4v) is 4.10. The topological polar surface area (TPSA) is 67.8 Å². The number of thioether (sulfide) groups is 1. The first kappa shape index (κ1) is 18.6. The number of rotatable bonds is 8. The van der Waals surface area contributed by atoms with Gasteiger partial charge in [0.1, 0.15) is 6.04 Å². The van der Waals surface area contributed by atoms with Crippen LogP contribution >= 0.6 is 11.8 Å². The summed E-state index contributed by atoms with van der Waals surface area (Å²) in [5.74, 6) is 1.12. The van der Waals surface area contributed by atoms with Crippen molar-refractivity contribution in [3.05, 3.63) is 59.7 Å². The number of methoxy groups -OCH3 is 1. The standard InChI is InChI=1S/C20H23NO4S/c1-24-18-12-15(19-21-16(13-26-19)20(22)23)9-10-17(18)25-11-5-8-14-6-3-2-4-7-14/h2-4,6-7,9-10,12,16,19,21H,5,8,11,13H2,1H3,(H,22,23). The summed E-state index contributed by atoms with van der Waals surface area (Å²) < 4.78 is 11.3. The molecule has 0 aromatic heterocycles. The van der Waals surface area contributed by atoms with Crippen LogP contribution < -0.4 is 14.8 Å². The van der Waals surface area contributed by atoms with E-state index in [4.69, 9.17) is 14.6 Å². The Morgan fingerprint density at radius 2 is 2.04 bits per heavy atom. The van der Waals surface area contributed by atoms with Gasteiger partial charge in [0.2, 0.25) is 0 Å². The summed E-state index contributed by atoms with van der Waals surface area (Å²) in [7, 11) is 1.62. The highest BCUT2D eigenvalue weighted by Gasteiger charge is 2.30. The molecule has 2 aromatic rings. The van der Waals surface area contributed by atoms with E-state index in [0.29, 0.717) is 23.9 Å². The van der Waals surface area contributed by atoms with Gasteiger partial charge in [-0.2, -0.15) is 0 Å². The second-order valence-corrected chi connectivity index (χ2v) is 7.26. The average Bonchev–Trinajstić information content (AvgIpc) is 3.16. The number of hydrogen-bond acceptors (Lipinski definition) is 5. The first-order chi connectivity index (χ1) is 12.7. The number of aliphatic carboxylic acids is 1. The van der Waals surface area contributed by atoms with Gasteiger partial charge in [-0.15, -0.1) is 11.8 Å². The summed E-state index contributed by atoms with van der Waals surface area (Å²) in [4.78, 5) is 11.1. The summed E-state index contributed by atoms with van der Waals surface area (Å²) in [6.45, 7) is 0.613. The molecule has 2 N–H and O–H groups in total. The van der Waals surface area contributed by atoms with Gasteiger partial charge in [-0.05, 0) is 36.1 Å². The zero-order valence-corrected chi connectivity index (χ0v) is 15.5. The van der Waals surface area contributed by atoms with Crippen molar-refractivity contribution in [2.24, 2.45) is 0 Å². The summed E-state index contributed by atoms with van der Waals surface area (Å²) >= 11 is 1.59. The first-order valence-electron chi connectivity index (χ1n) is 8.62. The lowest BCUT2D eigenvalue weighted by Gasteiger charge is -2.15. The van der Waals surface area contributed by atoms with Gasteiger partial charge in [-0.1, -0.05) is 36.4 Å². The Morgan fingerprint density at radius 1 is 1.23 bits per heavy atom. The highest BCUT2D eigenvalue weighted by Crippen LogP contribution is 2.37. The molecule has 1 saturated heterocycles. The Hall–Kier alpha value is -2.18. The van der Waals surface area contributed by atoms with Gasteiger partial charge in [0.15, 0.2) is 11.5 Å². The highest BCUT2D eigenvalue weighted by atomic mass is 32.2. The fraction of sp³-hybridized carbons (Fsp3) is 0.350. The summed E-state index contributed by atoms with van der Waals surface area (Å²) in [6, 6.07) is 15.6. The molecule has 1 aliphatic rings. The van der Waals surface area contributed by atoms with Crippen molar-refractivity contribution in [3.63, 3.8) is 0 Å². The second kappa shape index (κ2) is 8.96. The highest BCUT2D eigenvalue weighted by molar-refractivity contribution is 7.99. The minimum absolute atomic E-state index is 0.0443. The second-order valence-electron chi connectivity index (χ2n) is 6.12. The summed E-state index contributed by atoms with van der Waals surface area (Å²) in [5.41, 5.74) is 2.29. The molecule has 26 heavy (non-hydrogen) atoms. The van der Waals surface area contributed by atoms with Crippen LogP contribution in [0.15, 0.2) is 48.5 Å². The van der Waals surface area contributed by atoms with Crippen LogP contribution in [0.5, 0.6) is 11.5 Å². The number of ether oxygens (including phenoxy) is 2. The molecule has 2 atom stereocenters. The largest absolute Gasteiger partial charge is 0.493 e. The van der Waals surface area contributed by atoms with E-state index in [1.54, 1.807) is 18.9 Å². The minimum Gasteiger partial charge on any atom is -0.493 e. The third kappa shape index (κ3) is 4.71. The Balaban J connectivity index is 1.56. The van der Waals surface area contributed by atoms with E-state index in [1.165, 1.54) is 5.56 Å². The molecular weight excluding hydrogens is 350 g/mol. The van der Waals surface area contributed by atoms with Crippen LogP contribution in [0.2, 0.25) is 0 Å². The van der Waals surface area contributed by atoms with E-state index in [9.17, 15) is 4.79 Å². The van der Waals surface area contributed by atoms with E-state index in [0.717, 1.165) is 18.4 Å². The molecule has 0 aliphatic carbocycles. The van der Waals surface area contributed by atoms with Crippen LogP contribution in [-0.4, -0.2) is 36.6 Å². The van der Waals surface area contributed by atoms with Crippen molar-refractivity contribution in [3.8, 4) is 11.5 Å². The maximum Gasteiger partial charge on any atom is 0.321 e. The minimum atomic E-state index is -0.815. The molecule has 1 fully saturated rings. The number of carboxylic acids is 1. The molecule has 0 spiro atoms. The number of benzene rings is 2. The lowest BCUT2D eigenvalue weighted by Crippen LogP contribution is -2.33. The molecule has 0 saturated carbocycles. The quantitative estimate of drug-likeness (QED) is 0.691. The Bertz CT molecular complexity index is 738. The van der Waals surface area contributed by atoms with Gasteiger partial charge in [-0.25, -0.2) is 0 Å². The lowest BCUT2D eigenvalue weighted by atomic mass is 10.1. The van der Waals surface area contributed by atoms with E-state index in [1.807, 2.05) is 36.4 Å². The van der Waals surface area contributed by atoms with Crippen LogP contribution in [0.4, 0.5) is 0 Å². The lowest BCUT2D eigenvalue weighted by molar-refractivity contribution is -0.138. The molecule has 6 heteroatoms. The zero-order chi connectivity index (χ0) is 18.4. The van der Waals surface area contributed by atoms with Gasteiger partial charge in [0.05, 0.1) is 19.1 Å². The fourth-order valence-electron chi connectivity index (χ4n) is 2.88. The number of hydrogen-bond donors (Lipinski definition) is 2. The molecule has 3 rings (SSSR count). The van der Waals surface area contributed by atoms with Gasteiger partial charge in [0, 0.05) is 5.75 Å². The summed E-state index contributed by atoms with van der Waals surface area (Å²) in [6.07, 6.45) is 1.90. The average molecular weight is 373 g/mol. The van der Waals surface area contributed by atoms with Gasteiger partial charge < -0.3 is 14.6 Å². The van der Waals surface area contributed by atoms with E-state index in [2.05, 4.69) is 17.4 Å². The van der Waals surface area contributed by atoms with Crippen LogP contribution in [0, 0.1) is 0 Å². The zero-order valence-electron chi connectivity index (χ0n) is 14.7. The van der Waals surface area contributed by atoms with Gasteiger partial charge in [0.25, 0.3) is 0 Å². The van der Waals surface area contributed by atoms with E-state index >= 15 is 0 Å². The molecular formula is C20H23NO4S. The molecule has 0 amide bonds. The smallest absolute Gasteiger partial charge is 0.321 e. The van der Waals surface area contributed by atoms with Gasteiger partial charge >= 0.3 is 5.97 Å². The molecule has 5 nitrogen and oxygen atoms in total. The third-order valence-electron chi connectivity index (χ3n) is 4.28. The summed E-state index contributed by atoms with van der Waals surface area (Å²) in [5, 5.41) is 12.2.